The molecule has 1 unspecified atom stereocenters. The number of amides is 1. The van der Waals surface area contributed by atoms with E-state index in [-0.39, 0.29) is 29.3 Å². The van der Waals surface area contributed by atoms with Crippen LogP contribution in [0.2, 0.25) is 0 Å². The number of ether oxygens (including phenoxy) is 1. The van der Waals surface area contributed by atoms with E-state index in [1.165, 1.54) is 18.2 Å². The van der Waals surface area contributed by atoms with Crippen molar-refractivity contribution < 1.29 is 18.3 Å². The Bertz CT molecular complexity index is 1510. The number of fused-ring (bicyclic) bond motifs is 1. The van der Waals surface area contributed by atoms with Gasteiger partial charge in [0.1, 0.15) is 22.9 Å². The number of halogens is 1. The molecule has 0 radical (unpaired) electrons. The monoisotopic (exact) mass is 530 g/mol. The van der Waals surface area contributed by atoms with Crippen LogP contribution in [-0.2, 0) is 6.42 Å². The molecule has 0 fully saturated rings. The number of nitrogens with two attached hydrogens (primary N) is 1. The Morgan fingerprint density at radius 3 is 2.49 bits per heavy atom. The third kappa shape index (κ3) is 6.20. The van der Waals surface area contributed by atoms with E-state index in [1.54, 1.807) is 24.1 Å². The van der Waals surface area contributed by atoms with Crippen molar-refractivity contribution in [3.63, 3.8) is 0 Å². The predicted octanol–water partition coefficient (Wildman–Crippen LogP) is 6.03. The number of hydrogen-bond donors (Lipinski definition) is 1. The van der Waals surface area contributed by atoms with Crippen molar-refractivity contribution in [3.05, 3.63) is 111 Å². The van der Waals surface area contributed by atoms with Crippen LogP contribution in [0.5, 0.6) is 5.75 Å². The summed E-state index contributed by atoms with van der Waals surface area (Å²) in [6.07, 6.45) is 0.827. The molecule has 0 aliphatic carbocycles. The summed E-state index contributed by atoms with van der Waals surface area (Å²) in [7, 11) is 1.59. The maximum atomic E-state index is 14.2. The van der Waals surface area contributed by atoms with Crippen molar-refractivity contribution in [2.45, 2.75) is 39.7 Å². The Balaban J connectivity index is 1.93. The van der Waals surface area contributed by atoms with Gasteiger partial charge in [0, 0.05) is 30.2 Å². The van der Waals surface area contributed by atoms with Crippen molar-refractivity contribution in [3.8, 4) is 5.75 Å². The lowest BCUT2D eigenvalue weighted by Crippen LogP contribution is -2.40. The number of rotatable bonds is 10. The second-order valence-corrected chi connectivity index (χ2v) is 10.1. The number of nitrogens with zero attached hydrogens (tertiary/aromatic N) is 1. The molecule has 1 atom stereocenters. The summed E-state index contributed by atoms with van der Waals surface area (Å²) < 4.78 is 26.0. The molecule has 0 saturated carbocycles. The average Bonchev–Trinajstić information content (AvgIpc) is 2.92. The number of carbonyl (C=O) groups excluding carboxylic acids is 1. The molecule has 0 aliphatic rings. The lowest BCUT2D eigenvalue weighted by atomic mass is 9.91. The first-order chi connectivity index (χ1) is 18.7. The molecule has 0 spiro atoms. The van der Waals surface area contributed by atoms with Gasteiger partial charge in [0.2, 0.25) is 0 Å². The fourth-order valence-corrected chi connectivity index (χ4v) is 4.91. The molecule has 204 valence electrons. The molecule has 6 nitrogen and oxygen atoms in total. The molecule has 3 aromatic carbocycles. The third-order valence-corrected chi connectivity index (χ3v) is 6.89. The molecule has 39 heavy (non-hydrogen) atoms. The van der Waals surface area contributed by atoms with Crippen molar-refractivity contribution in [2.75, 3.05) is 20.2 Å². The number of methoxy groups -OCH3 is 1. The van der Waals surface area contributed by atoms with Gasteiger partial charge in [0.05, 0.1) is 18.5 Å². The Morgan fingerprint density at radius 2 is 1.82 bits per heavy atom. The van der Waals surface area contributed by atoms with Gasteiger partial charge >= 0.3 is 0 Å². The summed E-state index contributed by atoms with van der Waals surface area (Å²) in [5.41, 5.74) is 8.62. The summed E-state index contributed by atoms with van der Waals surface area (Å²) in [6, 6.07) is 18.2. The summed E-state index contributed by atoms with van der Waals surface area (Å²) in [4.78, 5) is 29.6. The van der Waals surface area contributed by atoms with Crippen molar-refractivity contribution in [1.82, 2.24) is 4.90 Å². The smallest absolute Gasteiger partial charge is 0.254 e. The van der Waals surface area contributed by atoms with Gasteiger partial charge in [0.25, 0.3) is 5.91 Å². The highest BCUT2D eigenvalue weighted by Gasteiger charge is 2.33. The van der Waals surface area contributed by atoms with Gasteiger partial charge in [-0.2, -0.15) is 0 Å². The SMILES string of the molecule is COc1cccc(Cc2c(C(C(C)C)N(CCCN)C(=O)c3ccc(C)cc3)oc3cc(F)ccc3c2=O)c1. The van der Waals surface area contributed by atoms with Crippen LogP contribution >= 0.6 is 0 Å². The van der Waals surface area contributed by atoms with Gasteiger partial charge in [-0.3, -0.25) is 9.59 Å². The van der Waals surface area contributed by atoms with E-state index in [9.17, 15) is 14.0 Å². The zero-order valence-electron chi connectivity index (χ0n) is 22.9. The molecular formula is C32H35FN2O4. The molecule has 0 bridgehead atoms. The second-order valence-electron chi connectivity index (χ2n) is 10.1. The molecular weight excluding hydrogens is 495 g/mol. The van der Waals surface area contributed by atoms with Gasteiger partial charge in [0.15, 0.2) is 5.43 Å². The van der Waals surface area contributed by atoms with Crippen molar-refractivity contribution in [2.24, 2.45) is 11.7 Å². The minimum atomic E-state index is -0.591. The van der Waals surface area contributed by atoms with Crippen molar-refractivity contribution >= 4 is 16.9 Å². The topological polar surface area (TPSA) is 85.8 Å². The lowest BCUT2D eigenvalue weighted by Gasteiger charge is -2.35. The van der Waals surface area contributed by atoms with E-state index < -0.39 is 11.9 Å². The summed E-state index contributed by atoms with van der Waals surface area (Å²) in [5, 5.41) is 0.291. The molecule has 7 heteroatoms. The van der Waals surface area contributed by atoms with E-state index >= 15 is 0 Å². The molecule has 1 heterocycles. The molecule has 4 aromatic rings. The highest BCUT2D eigenvalue weighted by Crippen LogP contribution is 2.35. The van der Waals surface area contributed by atoms with Gasteiger partial charge in [-0.25, -0.2) is 4.39 Å². The van der Waals surface area contributed by atoms with Crippen LogP contribution in [0, 0.1) is 18.7 Å². The first-order valence-electron chi connectivity index (χ1n) is 13.2. The maximum absolute atomic E-state index is 14.2. The third-order valence-electron chi connectivity index (χ3n) is 6.89. The van der Waals surface area contributed by atoms with E-state index in [0.717, 1.165) is 11.1 Å². The Labute approximate surface area is 228 Å². The zero-order valence-corrected chi connectivity index (χ0v) is 22.9. The fourth-order valence-electron chi connectivity index (χ4n) is 4.91. The van der Waals surface area contributed by atoms with E-state index in [1.807, 2.05) is 57.2 Å². The van der Waals surface area contributed by atoms with Gasteiger partial charge in [-0.1, -0.05) is 43.7 Å². The van der Waals surface area contributed by atoms with Crippen LogP contribution in [-0.4, -0.2) is 31.0 Å². The van der Waals surface area contributed by atoms with Gasteiger partial charge in [-0.15, -0.1) is 0 Å². The van der Waals surface area contributed by atoms with Crippen LogP contribution in [0.1, 0.15) is 59.1 Å². The summed E-state index contributed by atoms with van der Waals surface area (Å²) in [5.74, 6) is 0.204. The molecule has 1 aromatic heterocycles. The summed E-state index contributed by atoms with van der Waals surface area (Å²) in [6.45, 7) is 6.69. The second kappa shape index (κ2) is 12.3. The van der Waals surface area contributed by atoms with Gasteiger partial charge in [-0.05, 0) is 67.8 Å². The number of carbonyl (C=O) groups is 1. The highest BCUT2D eigenvalue weighted by molar-refractivity contribution is 5.94. The largest absolute Gasteiger partial charge is 0.497 e. The minimum Gasteiger partial charge on any atom is -0.497 e. The highest BCUT2D eigenvalue weighted by atomic mass is 19.1. The number of hydrogen-bond acceptors (Lipinski definition) is 5. The Kier molecular flexibility index (Phi) is 8.82. The maximum Gasteiger partial charge on any atom is 0.254 e. The van der Waals surface area contributed by atoms with E-state index in [0.29, 0.717) is 47.5 Å². The number of aryl methyl sites for hydroxylation is 1. The molecule has 0 aliphatic heterocycles. The average molecular weight is 531 g/mol. The molecule has 0 saturated heterocycles. The standard InChI is InChI=1S/C32H35FN2O4/c1-20(2)29(35(16-6-15-34)32(37)23-11-9-21(3)10-12-23)31-27(18-22-7-5-8-25(17-22)38-4)30(36)26-14-13-24(33)19-28(26)39-31/h5,7-14,17,19-20,29H,6,15-16,18,34H2,1-4H3. The molecule has 1 amide bonds. The predicted molar refractivity (Wildman–Crippen MR) is 152 cm³/mol. The van der Waals surface area contributed by atoms with Crippen LogP contribution in [0.4, 0.5) is 4.39 Å². The van der Waals surface area contributed by atoms with Crippen LogP contribution in [0.25, 0.3) is 11.0 Å². The molecule has 4 rings (SSSR count). The first kappa shape index (κ1) is 28.0. The van der Waals surface area contributed by atoms with Crippen LogP contribution in [0.3, 0.4) is 0 Å². The Hall–Kier alpha value is -3.97. The zero-order chi connectivity index (χ0) is 28.1. The fraction of sp³-hybridized carbons (Fsp3) is 0.312. The lowest BCUT2D eigenvalue weighted by molar-refractivity contribution is 0.0587. The normalized spacial score (nSPS) is 12.1. The number of benzene rings is 3. The van der Waals surface area contributed by atoms with E-state index in [2.05, 4.69) is 0 Å². The molecule has 2 N–H and O–H groups in total. The van der Waals surface area contributed by atoms with Crippen LogP contribution in [0.15, 0.2) is 75.9 Å². The first-order valence-corrected chi connectivity index (χ1v) is 13.2. The minimum absolute atomic E-state index is 0.129. The van der Waals surface area contributed by atoms with E-state index in [4.69, 9.17) is 14.9 Å². The Morgan fingerprint density at radius 1 is 1.08 bits per heavy atom. The van der Waals surface area contributed by atoms with Crippen LogP contribution < -0.4 is 15.9 Å². The summed E-state index contributed by atoms with van der Waals surface area (Å²) >= 11 is 0. The van der Waals surface area contributed by atoms with Crippen molar-refractivity contribution in [1.29, 1.82) is 0 Å². The quantitative estimate of drug-likeness (QED) is 0.271. The van der Waals surface area contributed by atoms with Gasteiger partial charge < -0.3 is 19.8 Å².